The number of aromatic amines is 1. The summed E-state index contributed by atoms with van der Waals surface area (Å²) in [6.07, 6.45) is 3.12. The molecule has 0 unspecified atom stereocenters. The van der Waals surface area contributed by atoms with Crippen LogP contribution in [-0.2, 0) is 19.6 Å². The van der Waals surface area contributed by atoms with Crippen molar-refractivity contribution in [3.63, 3.8) is 0 Å². The molecule has 32 heavy (non-hydrogen) atoms. The Morgan fingerprint density at radius 1 is 1.00 bits per heavy atom. The highest BCUT2D eigenvalue weighted by Gasteiger charge is 2.12. The molecule has 0 saturated heterocycles. The Kier molecular flexibility index (Phi) is 5.42. The number of anilines is 1. The second-order valence-corrected chi connectivity index (χ2v) is 8.38. The lowest BCUT2D eigenvalue weighted by Crippen LogP contribution is -2.13. The summed E-state index contributed by atoms with van der Waals surface area (Å²) in [5.74, 6) is -0.00365. The molecule has 0 aliphatic heterocycles. The van der Waals surface area contributed by atoms with Crippen LogP contribution in [0.5, 0.6) is 0 Å². The lowest BCUT2D eigenvalue weighted by molar-refractivity contribution is 0.619. The number of fused-ring (bicyclic) bond motifs is 2. The number of hydrogen-bond acceptors (Lipinski definition) is 5. The summed E-state index contributed by atoms with van der Waals surface area (Å²) in [6, 6.07) is 10.4. The summed E-state index contributed by atoms with van der Waals surface area (Å²) in [7, 11) is 0. The van der Waals surface area contributed by atoms with Gasteiger partial charge in [-0.25, -0.2) is 19.3 Å². The van der Waals surface area contributed by atoms with Crippen molar-refractivity contribution >= 4 is 51.1 Å². The van der Waals surface area contributed by atoms with Gasteiger partial charge < -0.3 is 20.6 Å². The fourth-order valence-electron chi connectivity index (χ4n) is 3.81. The fraction of sp³-hybridized carbons (Fsp3) is 0.136. The molecule has 5 rings (SSSR count). The predicted molar refractivity (Wildman–Crippen MR) is 124 cm³/mol. The van der Waals surface area contributed by atoms with Gasteiger partial charge in [-0.1, -0.05) is 23.2 Å². The zero-order chi connectivity index (χ0) is 22.2. The number of nitrogens with zero attached hydrogens (tertiary/aromatic N) is 4. The van der Waals surface area contributed by atoms with E-state index in [4.69, 9.17) is 28.9 Å². The third-order valence-corrected chi connectivity index (χ3v) is 5.60. The molecule has 0 spiro atoms. The van der Waals surface area contributed by atoms with Crippen molar-refractivity contribution in [2.45, 2.75) is 19.6 Å². The monoisotopic (exact) mass is 469 g/mol. The van der Waals surface area contributed by atoms with E-state index in [1.807, 2.05) is 22.8 Å². The smallest absolute Gasteiger partial charge is 0.165 e. The number of rotatable bonds is 6. The summed E-state index contributed by atoms with van der Waals surface area (Å²) in [5, 5.41) is 5.32. The highest BCUT2D eigenvalue weighted by atomic mass is 35.5. The van der Waals surface area contributed by atoms with Crippen LogP contribution in [0.1, 0.15) is 16.8 Å². The van der Waals surface area contributed by atoms with Crippen molar-refractivity contribution in [1.29, 1.82) is 0 Å². The lowest BCUT2D eigenvalue weighted by atomic mass is 10.1. The van der Waals surface area contributed by atoms with Crippen LogP contribution < -0.4 is 11.1 Å². The number of nitrogen functional groups attached to an aromatic ring is 1. The van der Waals surface area contributed by atoms with Crippen molar-refractivity contribution in [2.24, 2.45) is 0 Å². The minimum Gasteiger partial charge on any atom is -0.382 e. The van der Waals surface area contributed by atoms with Gasteiger partial charge in [0.05, 0.1) is 18.4 Å². The molecule has 7 nitrogen and oxygen atoms in total. The van der Waals surface area contributed by atoms with Crippen LogP contribution in [0.4, 0.5) is 10.2 Å². The minimum atomic E-state index is -0.349. The first-order valence-corrected chi connectivity index (χ1v) is 10.6. The first-order chi connectivity index (χ1) is 15.5. The van der Waals surface area contributed by atoms with Gasteiger partial charge in [0.25, 0.3) is 0 Å². The fourth-order valence-corrected chi connectivity index (χ4v) is 4.30. The number of hydrogen-bond donors (Lipinski definition) is 3. The van der Waals surface area contributed by atoms with E-state index in [1.54, 1.807) is 12.4 Å². The Balaban J connectivity index is 1.39. The van der Waals surface area contributed by atoms with E-state index in [1.165, 1.54) is 18.5 Å². The standard InChI is InChI=1S/C22H18Cl2FN7/c23-15-1-12(2-17(25)6-15)7-27-8-18-5-13-3-16(24)4-14(19(13)31-18)9-32-11-30-20-21(26)28-10-29-22(20)32/h1-6,10-11,27,31H,7-9H2,(H2,26,28,29). The summed E-state index contributed by atoms with van der Waals surface area (Å²) in [5.41, 5.74) is 10.9. The van der Waals surface area contributed by atoms with Crippen LogP contribution in [0.15, 0.2) is 49.1 Å². The molecule has 3 aromatic heterocycles. The minimum absolute atomic E-state index is 0.345. The molecule has 0 amide bonds. The molecule has 0 fully saturated rings. The van der Waals surface area contributed by atoms with Crippen molar-refractivity contribution in [3.8, 4) is 0 Å². The van der Waals surface area contributed by atoms with E-state index < -0.39 is 0 Å². The van der Waals surface area contributed by atoms with Crippen LogP contribution in [0.2, 0.25) is 10.0 Å². The van der Waals surface area contributed by atoms with Crippen LogP contribution in [0.25, 0.3) is 22.1 Å². The number of aromatic nitrogens is 5. The quantitative estimate of drug-likeness (QED) is 0.335. The Hall–Kier alpha value is -3.20. The molecule has 10 heteroatoms. The van der Waals surface area contributed by atoms with E-state index in [0.29, 0.717) is 46.7 Å². The summed E-state index contributed by atoms with van der Waals surface area (Å²) < 4.78 is 15.4. The normalized spacial score (nSPS) is 11.6. The molecule has 0 aliphatic carbocycles. The zero-order valence-corrected chi connectivity index (χ0v) is 18.3. The van der Waals surface area contributed by atoms with Crippen molar-refractivity contribution in [3.05, 3.63) is 81.7 Å². The number of H-pyrrole nitrogens is 1. The van der Waals surface area contributed by atoms with Gasteiger partial charge in [-0.15, -0.1) is 0 Å². The molecule has 0 aliphatic rings. The van der Waals surface area contributed by atoms with Gasteiger partial charge in [0.15, 0.2) is 11.5 Å². The second kappa shape index (κ2) is 8.38. The average molecular weight is 470 g/mol. The molecular weight excluding hydrogens is 452 g/mol. The van der Waals surface area contributed by atoms with Crippen LogP contribution in [0.3, 0.4) is 0 Å². The Morgan fingerprint density at radius 3 is 2.69 bits per heavy atom. The number of benzene rings is 2. The van der Waals surface area contributed by atoms with Gasteiger partial charge >= 0.3 is 0 Å². The number of halogens is 3. The van der Waals surface area contributed by atoms with Gasteiger partial charge in [0, 0.05) is 34.2 Å². The Bertz CT molecular complexity index is 1420. The van der Waals surface area contributed by atoms with E-state index in [0.717, 1.165) is 27.7 Å². The average Bonchev–Trinajstić information content (AvgIpc) is 3.32. The van der Waals surface area contributed by atoms with E-state index in [-0.39, 0.29) is 5.82 Å². The molecule has 162 valence electrons. The third-order valence-electron chi connectivity index (χ3n) is 5.17. The highest BCUT2D eigenvalue weighted by molar-refractivity contribution is 6.31. The first kappa shape index (κ1) is 20.7. The molecule has 0 saturated carbocycles. The lowest BCUT2D eigenvalue weighted by Gasteiger charge is -2.07. The summed E-state index contributed by atoms with van der Waals surface area (Å²) >= 11 is 12.3. The van der Waals surface area contributed by atoms with E-state index >= 15 is 0 Å². The maximum absolute atomic E-state index is 13.5. The van der Waals surface area contributed by atoms with Crippen LogP contribution in [0, 0.1) is 5.82 Å². The molecule has 4 N–H and O–H groups in total. The van der Waals surface area contributed by atoms with E-state index in [9.17, 15) is 4.39 Å². The topological polar surface area (TPSA) is 97.4 Å². The molecule has 0 radical (unpaired) electrons. The molecule has 5 aromatic rings. The molecule has 0 bridgehead atoms. The molecule has 3 heterocycles. The SMILES string of the molecule is Nc1ncnc2c1ncn2Cc1cc(Cl)cc2cc(CNCc3cc(F)cc(Cl)c3)[nH]c12. The van der Waals surface area contributed by atoms with Gasteiger partial charge in [0.2, 0.25) is 0 Å². The predicted octanol–water partition coefficient (Wildman–Crippen LogP) is 4.67. The van der Waals surface area contributed by atoms with E-state index in [2.05, 4.69) is 25.3 Å². The van der Waals surface area contributed by atoms with Crippen LogP contribution >= 0.6 is 23.2 Å². The molecule has 2 aromatic carbocycles. The van der Waals surface area contributed by atoms with Crippen molar-refractivity contribution in [2.75, 3.05) is 5.73 Å². The molecule has 0 atom stereocenters. The maximum Gasteiger partial charge on any atom is 0.165 e. The second-order valence-electron chi connectivity index (χ2n) is 7.51. The Morgan fingerprint density at radius 2 is 1.84 bits per heavy atom. The van der Waals surface area contributed by atoms with Gasteiger partial charge in [-0.2, -0.15) is 0 Å². The van der Waals surface area contributed by atoms with Crippen molar-refractivity contribution < 1.29 is 4.39 Å². The van der Waals surface area contributed by atoms with Crippen LogP contribution in [-0.4, -0.2) is 24.5 Å². The zero-order valence-electron chi connectivity index (χ0n) is 16.7. The first-order valence-electron chi connectivity index (χ1n) is 9.83. The largest absolute Gasteiger partial charge is 0.382 e. The van der Waals surface area contributed by atoms with Crippen molar-refractivity contribution in [1.82, 2.24) is 29.8 Å². The molecular formula is C22H18Cl2FN7. The summed E-state index contributed by atoms with van der Waals surface area (Å²) in [6.45, 7) is 1.57. The summed E-state index contributed by atoms with van der Waals surface area (Å²) in [4.78, 5) is 16.1. The Labute approximate surface area is 192 Å². The third kappa shape index (κ3) is 4.12. The maximum atomic E-state index is 13.5. The van der Waals surface area contributed by atoms with Gasteiger partial charge in [-0.05, 0) is 47.5 Å². The van der Waals surface area contributed by atoms with Gasteiger partial charge in [-0.3, -0.25) is 0 Å². The highest BCUT2D eigenvalue weighted by Crippen LogP contribution is 2.27. The number of nitrogens with two attached hydrogens (primary N) is 1. The van der Waals surface area contributed by atoms with Gasteiger partial charge in [0.1, 0.15) is 17.7 Å². The number of nitrogens with one attached hydrogen (secondary N) is 2. The number of imidazole rings is 1.